The molecule has 0 saturated heterocycles. The number of anilines is 1. The molecule has 7 heteroatoms. The highest BCUT2D eigenvalue weighted by Crippen LogP contribution is 2.32. The van der Waals surface area contributed by atoms with Crippen LogP contribution >= 0.6 is 0 Å². The van der Waals surface area contributed by atoms with Crippen LogP contribution in [0, 0.1) is 0 Å². The molecule has 0 bridgehead atoms. The van der Waals surface area contributed by atoms with Gasteiger partial charge in [-0.1, -0.05) is 13.8 Å². The number of benzene rings is 1. The Bertz CT molecular complexity index is 491. The van der Waals surface area contributed by atoms with Crippen LogP contribution in [0.1, 0.15) is 24.2 Å². The van der Waals surface area contributed by atoms with Crippen molar-refractivity contribution in [3.63, 3.8) is 0 Å². The summed E-state index contributed by atoms with van der Waals surface area (Å²) in [5, 5.41) is 2.41. The van der Waals surface area contributed by atoms with Gasteiger partial charge in [0.05, 0.1) is 19.9 Å². The molecular weight excluding hydrogens is 282 g/mol. The van der Waals surface area contributed by atoms with E-state index in [4.69, 9.17) is 9.47 Å². The predicted octanol–water partition coefficient (Wildman–Crippen LogP) is 3.25. The van der Waals surface area contributed by atoms with E-state index >= 15 is 0 Å². The highest BCUT2D eigenvalue weighted by atomic mass is 19.3. The zero-order valence-corrected chi connectivity index (χ0v) is 12.7. The zero-order chi connectivity index (χ0) is 16.4. The first-order valence-electron chi connectivity index (χ1n) is 6.30. The van der Waals surface area contributed by atoms with Crippen LogP contribution < -0.4 is 14.8 Å². The molecule has 0 amide bonds. The fourth-order valence-electron chi connectivity index (χ4n) is 1.45. The van der Waals surface area contributed by atoms with Crippen molar-refractivity contribution in [3.8, 4) is 11.5 Å². The molecule has 0 atom stereocenters. The van der Waals surface area contributed by atoms with Gasteiger partial charge in [0.25, 0.3) is 6.43 Å². The average molecular weight is 302 g/mol. The number of methoxy groups -OCH3 is 2. The third kappa shape index (κ3) is 5.02. The number of nitrogens with zero attached hydrogens (tertiary/aromatic N) is 1. The minimum Gasteiger partial charge on any atom is -0.493 e. The number of nitrogens with one attached hydrogen (secondary N) is 1. The molecule has 0 heterocycles. The molecule has 118 valence electrons. The molecule has 0 saturated carbocycles. The van der Waals surface area contributed by atoms with Gasteiger partial charge in [-0.3, -0.25) is 9.79 Å². The van der Waals surface area contributed by atoms with Crippen LogP contribution in [0.4, 0.5) is 14.5 Å². The van der Waals surface area contributed by atoms with Gasteiger partial charge in [-0.05, 0) is 6.07 Å². The van der Waals surface area contributed by atoms with E-state index in [2.05, 4.69) is 10.3 Å². The molecule has 1 aromatic rings. The summed E-state index contributed by atoms with van der Waals surface area (Å²) in [6.07, 6.45) is -2.24. The molecule has 1 aromatic carbocycles. The number of aldehydes is 1. The summed E-state index contributed by atoms with van der Waals surface area (Å²) in [6, 6.07) is 2.79. The lowest BCUT2D eigenvalue weighted by molar-refractivity contribution is 0.112. The lowest BCUT2D eigenvalue weighted by Gasteiger charge is -2.14. The fraction of sp³-hybridized carbons (Fsp3) is 0.429. The summed E-state index contributed by atoms with van der Waals surface area (Å²) < 4.78 is 35.3. The van der Waals surface area contributed by atoms with Gasteiger partial charge in [-0.15, -0.1) is 0 Å². The monoisotopic (exact) mass is 302 g/mol. The molecule has 5 nitrogen and oxygen atoms in total. The van der Waals surface area contributed by atoms with Gasteiger partial charge in [0.2, 0.25) is 0 Å². The number of hydrogen-bond donors (Lipinski definition) is 1. The van der Waals surface area contributed by atoms with Crippen molar-refractivity contribution >= 4 is 17.8 Å². The van der Waals surface area contributed by atoms with Crippen LogP contribution in [0.2, 0.25) is 0 Å². The summed E-state index contributed by atoms with van der Waals surface area (Å²) in [6.45, 7) is 4.00. The van der Waals surface area contributed by atoms with Gasteiger partial charge in [0.1, 0.15) is 0 Å². The van der Waals surface area contributed by atoms with E-state index in [0.29, 0.717) is 17.8 Å². The quantitative estimate of drug-likeness (QED) is 0.515. The van der Waals surface area contributed by atoms with Crippen molar-refractivity contribution in [2.24, 2.45) is 4.99 Å². The molecule has 1 N–H and O–H groups in total. The molecule has 0 spiro atoms. The lowest BCUT2D eigenvalue weighted by Crippen LogP contribution is -2.21. The molecule has 0 aliphatic carbocycles. The van der Waals surface area contributed by atoms with Crippen LogP contribution in [-0.4, -0.2) is 39.8 Å². The topological polar surface area (TPSA) is 59.9 Å². The number of carbonyl (C=O) groups excluding carboxylic acids is 1. The summed E-state index contributed by atoms with van der Waals surface area (Å²) in [5.41, 5.74) is 0.341. The molecule has 0 fully saturated rings. The first-order chi connectivity index (χ1) is 10.1. The number of alkyl halides is 2. The van der Waals surface area contributed by atoms with Gasteiger partial charge in [-0.2, -0.15) is 0 Å². The molecule has 0 radical (unpaired) electrons. The van der Waals surface area contributed by atoms with E-state index in [1.165, 1.54) is 33.4 Å². The number of aliphatic imine (C=N–C) groups is 1. The summed E-state index contributed by atoms with van der Waals surface area (Å²) in [4.78, 5) is 14.4. The van der Waals surface area contributed by atoms with Crippen molar-refractivity contribution in [2.75, 3.05) is 26.6 Å². The smallest absolute Gasteiger partial charge is 0.295 e. The molecule has 0 aliphatic heterocycles. The molecule has 21 heavy (non-hydrogen) atoms. The van der Waals surface area contributed by atoms with Crippen LogP contribution in [0.25, 0.3) is 0 Å². The predicted molar refractivity (Wildman–Crippen MR) is 79.3 cm³/mol. The van der Waals surface area contributed by atoms with Crippen molar-refractivity contribution in [2.45, 2.75) is 20.3 Å². The van der Waals surface area contributed by atoms with Crippen LogP contribution in [0.5, 0.6) is 11.5 Å². The van der Waals surface area contributed by atoms with Crippen LogP contribution in [0.15, 0.2) is 17.1 Å². The Hall–Kier alpha value is -2.18. The maximum Gasteiger partial charge on any atom is 0.295 e. The normalized spacial score (nSPS) is 10.6. The largest absolute Gasteiger partial charge is 0.493 e. The second-order valence-electron chi connectivity index (χ2n) is 3.45. The number of halogens is 2. The number of amidine groups is 1. The molecule has 0 aromatic heterocycles. The van der Waals surface area contributed by atoms with E-state index in [1.807, 2.05) is 13.8 Å². The average Bonchev–Trinajstić information content (AvgIpc) is 2.53. The van der Waals surface area contributed by atoms with E-state index in [1.54, 1.807) is 0 Å². The Kier molecular flexibility index (Phi) is 8.68. The first-order valence-corrected chi connectivity index (χ1v) is 6.30. The van der Waals surface area contributed by atoms with Crippen molar-refractivity contribution in [1.82, 2.24) is 0 Å². The van der Waals surface area contributed by atoms with E-state index < -0.39 is 12.3 Å². The number of ether oxygens (including phenoxy) is 2. The van der Waals surface area contributed by atoms with Gasteiger partial charge in [0, 0.05) is 18.7 Å². The van der Waals surface area contributed by atoms with Gasteiger partial charge < -0.3 is 14.8 Å². The minimum atomic E-state index is -2.77. The molecule has 0 aliphatic rings. The third-order valence-corrected chi connectivity index (χ3v) is 2.39. The highest BCUT2D eigenvalue weighted by Gasteiger charge is 2.16. The lowest BCUT2D eigenvalue weighted by atomic mass is 10.1. The highest BCUT2D eigenvalue weighted by molar-refractivity contribution is 6.01. The standard InChI is InChI=1S/C12H14F2N2O3.C2H6/c1-15-12(11(13)14)16-8-5-10(19-3)9(18-2)4-7(8)6-17;1-2/h4-6,11H,1-3H3,(H,15,16);1-2H3. The van der Waals surface area contributed by atoms with Gasteiger partial charge in [-0.25, -0.2) is 8.78 Å². The Balaban J connectivity index is 0.00000191. The van der Waals surface area contributed by atoms with E-state index in [9.17, 15) is 13.6 Å². The second kappa shape index (κ2) is 9.68. The van der Waals surface area contributed by atoms with Gasteiger partial charge >= 0.3 is 0 Å². The molecule has 1 rings (SSSR count). The fourth-order valence-corrected chi connectivity index (χ4v) is 1.45. The Labute approximate surface area is 123 Å². The second-order valence-corrected chi connectivity index (χ2v) is 3.45. The van der Waals surface area contributed by atoms with Crippen molar-refractivity contribution in [3.05, 3.63) is 17.7 Å². The third-order valence-electron chi connectivity index (χ3n) is 2.39. The Morgan fingerprint density at radius 1 is 1.24 bits per heavy atom. The molecular formula is C14H20F2N2O3. The zero-order valence-electron chi connectivity index (χ0n) is 12.7. The minimum absolute atomic E-state index is 0.166. The van der Waals surface area contributed by atoms with Gasteiger partial charge in [0.15, 0.2) is 23.6 Å². The Morgan fingerprint density at radius 3 is 2.14 bits per heavy atom. The number of rotatable bonds is 5. The molecule has 0 unspecified atom stereocenters. The summed E-state index contributed by atoms with van der Waals surface area (Å²) in [7, 11) is 4.05. The van der Waals surface area contributed by atoms with Crippen molar-refractivity contribution < 1.29 is 23.0 Å². The van der Waals surface area contributed by atoms with E-state index in [-0.39, 0.29) is 11.3 Å². The number of hydrogen-bond acceptors (Lipinski definition) is 4. The summed E-state index contributed by atoms with van der Waals surface area (Å²) in [5.74, 6) is 0.123. The first kappa shape index (κ1) is 18.8. The summed E-state index contributed by atoms with van der Waals surface area (Å²) >= 11 is 0. The SMILES string of the molecule is CC.CN=C(Nc1cc(OC)c(OC)cc1C=O)C(F)F. The van der Waals surface area contributed by atoms with Crippen LogP contribution in [-0.2, 0) is 0 Å². The van der Waals surface area contributed by atoms with Crippen LogP contribution in [0.3, 0.4) is 0 Å². The maximum atomic E-state index is 12.6. The van der Waals surface area contributed by atoms with Crippen molar-refractivity contribution in [1.29, 1.82) is 0 Å². The van der Waals surface area contributed by atoms with E-state index in [0.717, 1.165) is 0 Å². The number of carbonyl (C=O) groups is 1. The Morgan fingerprint density at radius 2 is 1.76 bits per heavy atom. The maximum absolute atomic E-state index is 12.6.